The molecule has 2 aromatic rings. The van der Waals surface area contributed by atoms with Crippen LogP contribution in [0.1, 0.15) is 11.5 Å². The molecule has 14 heavy (non-hydrogen) atoms. The molecule has 0 fully saturated rings. The summed E-state index contributed by atoms with van der Waals surface area (Å²) >= 11 is 6.56. The molecule has 2 aromatic heterocycles. The van der Waals surface area contributed by atoms with Crippen LogP contribution >= 0.6 is 31.9 Å². The quantitative estimate of drug-likeness (QED) is 0.816. The molecule has 4 nitrogen and oxygen atoms in total. The second-order valence-electron chi connectivity index (χ2n) is 2.75. The van der Waals surface area contributed by atoms with E-state index in [1.165, 1.54) is 0 Å². The van der Waals surface area contributed by atoms with Gasteiger partial charge in [0.25, 0.3) is 0 Å². The number of halogens is 2. The first-order chi connectivity index (χ1) is 6.78. The van der Waals surface area contributed by atoms with Gasteiger partial charge < -0.3 is 4.42 Å². The predicted octanol–water partition coefficient (Wildman–Crippen LogP) is 2.58. The van der Waals surface area contributed by atoms with E-state index in [-0.39, 0.29) is 0 Å². The SMILES string of the molecule is BrCc1cn(Cc2ccc(Br)o2)nn1. The van der Waals surface area contributed by atoms with E-state index >= 15 is 0 Å². The van der Waals surface area contributed by atoms with Crippen molar-refractivity contribution >= 4 is 31.9 Å². The summed E-state index contributed by atoms with van der Waals surface area (Å²) in [6, 6.07) is 3.76. The maximum atomic E-state index is 5.35. The fourth-order valence-corrected chi connectivity index (χ4v) is 1.67. The highest BCUT2D eigenvalue weighted by Crippen LogP contribution is 2.14. The largest absolute Gasteiger partial charge is 0.452 e. The lowest BCUT2D eigenvalue weighted by molar-refractivity contribution is 0.459. The van der Waals surface area contributed by atoms with Crippen molar-refractivity contribution in [3.63, 3.8) is 0 Å². The van der Waals surface area contributed by atoms with E-state index in [0.717, 1.165) is 21.5 Å². The van der Waals surface area contributed by atoms with Crippen molar-refractivity contribution < 1.29 is 4.42 Å². The van der Waals surface area contributed by atoms with Crippen molar-refractivity contribution in [2.24, 2.45) is 0 Å². The number of aromatic nitrogens is 3. The van der Waals surface area contributed by atoms with Crippen LogP contribution in [0.4, 0.5) is 0 Å². The van der Waals surface area contributed by atoms with E-state index in [1.54, 1.807) is 4.68 Å². The second-order valence-corrected chi connectivity index (χ2v) is 4.09. The Hall–Kier alpha value is -0.620. The molecular weight excluding hydrogens is 314 g/mol. The molecule has 0 aliphatic heterocycles. The van der Waals surface area contributed by atoms with E-state index in [9.17, 15) is 0 Å². The summed E-state index contributed by atoms with van der Waals surface area (Å²) in [7, 11) is 0. The van der Waals surface area contributed by atoms with Crippen LogP contribution in [0.2, 0.25) is 0 Å². The van der Waals surface area contributed by atoms with Gasteiger partial charge in [0.15, 0.2) is 4.67 Å². The highest BCUT2D eigenvalue weighted by molar-refractivity contribution is 9.10. The molecule has 2 rings (SSSR count). The van der Waals surface area contributed by atoms with Gasteiger partial charge in [-0.15, -0.1) is 5.10 Å². The Bertz CT molecular complexity index is 424. The third kappa shape index (κ3) is 2.24. The summed E-state index contributed by atoms with van der Waals surface area (Å²) in [5, 5.41) is 8.62. The molecule has 0 atom stereocenters. The average molecular weight is 321 g/mol. The van der Waals surface area contributed by atoms with E-state index < -0.39 is 0 Å². The van der Waals surface area contributed by atoms with Gasteiger partial charge in [-0.3, -0.25) is 0 Å². The normalized spacial score (nSPS) is 10.7. The molecule has 0 aromatic carbocycles. The van der Waals surface area contributed by atoms with Gasteiger partial charge in [-0.25, -0.2) is 4.68 Å². The minimum Gasteiger partial charge on any atom is -0.452 e. The number of nitrogens with zero attached hydrogens (tertiary/aromatic N) is 3. The van der Waals surface area contributed by atoms with Crippen molar-refractivity contribution in [2.75, 3.05) is 0 Å². The molecule has 0 aliphatic rings. The maximum absolute atomic E-state index is 5.35. The maximum Gasteiger partial charge on any atom is 0.169 e. The third-order valence-electron chi connectivity index (χ3n) is 1.67. The van der Waals surface area contributed by atoms with Crippen molar-refractivity contribution in [1.82, 2.24) is 15.0 Å². The monoisotopic (exact) mass is 319 g/mol. The first-order valence-electron chi connectivity index (χ1n) is 3.97. The molecule has 0 aliphatic carbocycles. The number of hydrogen-bond donors (Lipinski definition) is 0. The van der Waals surface area contributed by atoms with Crippen LogP contribution in [0.5, 0.6) is 0 Å². The Morgan fingerprint density at radius 1 is 1.43 bits per heavy atom. The van der Waals surface area contributed by atoms with Gasteiger partial charge in [-0.05, 0) is 28.1 Å². The minimum atomic E-state index is 0.603. The molecule has 74 valence electrons. The molecule has 0 unspecified atom stereocenters. The van der Waals surface area contributed by atoms with Crippen molar-refractivity contribution in [2.45, 2.75) is 11.9 Å². The van der Waals surface area contributed by atoms with Crippen LogP contribution in [-0.2, 0) is 11.9 Å². The molecule has 0 saturated heterocycles. The van der Waals surface area contributed by atoms with Crippen molar-refractivity contribution in [3.8, 4) is 0 Å². The number of alkyl halides is 1. The van der Waals surface area contributed by atoms with Crippen molar-refractivity contribution in [3.05, 3.63) is 34.5 Å². The van der Waals surface area contributed by atoms with Crippen LogP contribution in [0, 0.1) is 0 Å². The Morgan fingerprint density at radius 2 is 2.29 bits per heavy atom. The summed E-state index contributed by atoms with van der Waals surface area (Å²) in [5.74, 6) is 0.850. The van der Waals surface area contributed by atoms with Gasteiger partial charge in [0.05, 0.1) is 5.69 Å². The van der Waals surface area contributed by atoms with E-state index in [4.69, 9.17) is 4.42 Å². The molecule has 0 amide bonds. The Morgan fingerprint density at radius 3 is 2.86 bits per heavy atom. The zero-order chi connectivity index (χ0) is 9.97. The molecule has 0 saturated carbocycles. The summed E-state index contributed by atoms with van der Waals surface area (Å²) in [6.07, 6.45) is 1.88. The number of rotatable bonds is 3. The molecule has 2 heterocycles. The first-order valence-corrected chi connectivity index (χ1v) is 5.88. The lowest BCUT2D eigenvalue weighted by Gasteiger charge is -1.94. The number of furan rings is 1. The van der Waals surface area contributed by atoms with Crippen LogP contribution < -0.4 is 0 Å². The first kappa shape index (κ1) is 9.92. The van der Waals surface area contributed by atoms with E-state index in [0.29, 0.717) is 6.54 Å². The zero-order valence-electron chi connectivity index (χ0n) is 7.15. The van der Waals surface area contributed by atoms with Crippen LogP contribution in [-0.4, -0.2) is 15.0 Å². The van der Waals surface area contributed by atoms with Crippen LogP contribution in [0.25, 0.3) is 0 Å². The van der Waals surface area contributed by atoms with Crippen LogP contribution in [0.15, 0.2) is 27.4 Å². The second kappa shape index (κ2) is 4.27. The molecule has 6 heteroatoms. The fraction of sp³-hybridized carbons (Fsp3) is 0.250. The van der Waals surface area contributed by atoms with Gasteiger partial charge in [0.1, 0.15) is 12.3 Å². The summed E-state index contributed by atoms with van der Waals surface area (Å²) in [5.41, 5.74) is 0.913. The minimum absolute atomic E-state index is 0.603. The summed E-state index contributed by atoms with van der Waals surface area (Å²) in [4.78, 5) is 0. The lowest BCUT2D eigenvalue weighted by Crippen LogP contribution is -1.98. The Labute approximate surface area is 97.5 Å². The smallest absolute Gasteiger partial charge is 0.169 e. The topological polar surface area (TPSA) is 43.9 Å². The molecule has 0 radical (unpaired) electrons. The number of hydrogen-bond acceptors (Lipinski definition) is 3. The zero-order valence-corrected chi connectivity index (χ0v) is 10.3. The van der Waals surface area contributed by atoms with Gasteiger partial charge in [0, 0.05) is 11.5 Å². The Balaban J connectivity index is 2.10. The molecule has 0 bridgehead atoms. The molecule has 0 N–H and O–H groups in total. The Kier molecular flexibility index (Phi) is 3.02. The van der Waals surface area contributed by atoms with Crippen molar-refractivity contribution in [1.29, 1.82) is 0 Å². The fourth-order valence-electron chi connectivity index (χ4n) is 1.07. The van der Waals surface area contributed by atoms with Gasteiger partial charge >= 0.3 is 0 Å². The summed E-state index contributed by atoms with van der Waals surface area (Å²) < 4.78 is 7.81. The van der Waals surface area contributed by atoms with Gasteiger partial charge in [-0.1, -0.05) is 21.1 Å². The van der Waals surface area contributed by atoms with E-state index in [1.807, 2.05) is 18.3 Å². The lowest BCUT2D eigenvalue weighted by atomic mass is 10.4. The highest BCUT2D eigenvalue weighted by Gasteiger charge is 2.03. The van der Waals surface area contributed by atoms with Gasteiger partial charge in [0.2, 0.25) is 0 Å². The molecule has 0 spiro atoms. The third-order valence-corrected chi connectivity index (χ3v) is 2.67. The van der Waals surface area contributed by atoms with Gasteiger partial charge in [-0.2, -0.15) is 0 Å². The highest BCUT2D eigenvalue weighted by atomic mass is 79.9. The molecular formula is C8H7Br2N3O. The average Bonchev–Trinajstić information content (AvgIpc) is 2.76. The summed E-state index contributed by atoms with van der Waals surface area (Å²) in [6.45, 7) is 0.603. The van der Waals surface area contributed by atoms with Crippen LogP contribution in [0.3, 0.4) is 0 Å². The van der Waals surface area contributed by atoms with E-state index in [2.05, 4.69) is 42.2 Å². The predicted molar refractivity (Wildman–Crippen MR) is 58.2 cm³/mol. The standard InChI is InChI=1S/C8H7Br2N3O/c9-3-6-4-13(12-11-6)5-7-1-2-8(10)14-7/h1-2,4H,3,5H2.